The van der Waals surface area contributed by atoms with Crippen molar-refractivity contribution >= 4 is 5.91 Å². The summed E-state index contributed by atoms with van der Waals surface area (Å²) in [5.74, 6) is 2.28. The molecule has 1 aromatic carbocycles. The van der Waals surface area contributed by atoms with Gasteiger partial charge >= 0.3 is 0 Å². The number of benzene rings is 1. The molecule has 1 saturated heterocycles. The van der Waals surface area contributed by atoms with Gasteiger partial charge in [-0.25, -0.2) is 4.98 Å². The first-order valence-electron chi connectivity index (χ1n) is 8.52. The van der Waals surface area contributed by atoms with Crippen LogP contribution in [-0.2, 0) is 11.8 Å². The van der Waals surface area contributed by atoms with Crippen molar-refractivity contribution < 1.29 is 14.3 Å². The number of ether oxygens (including phenoxy) is 2. The zero-order valence-electron chi connectivity index (χ0n) is 14.6. The summed E-state index contributed by atoms with van der Waals surface area (Å²) >= 11 is 0. The Hall–Kier alpha value is -2.54. The molecule has 7 nitrogen and oxygen atoms in total. The Morgan fingerprint density at radius 3 is 2.64 bits per heavy atom. The standard InChI is InChI=1S/C18H24N4O3/c1-3-24-14-4-6-15(7-5-14)25-13-17(23)22-11-8-19-12-16(22)18-20-9-10-21(18)2/h4-7,9-10,16,19H,3,8,11-13H2,1-2H3. The summed E-state index contributed by atoms with van der Waals surface area (Å²) < 4.78 is 13.0. The minimum absolute atomic E-state index is 0.00883. The maximum Gasteiger partial charge on any atom is 0.261 e. The molecule has 0 aliphatic carbocycles. The van der Waals surface area contributed by atoms with E-state index in [0.717, 1.165) is 18.1 Å². The highest BCUT2D eigenvalue weighted by atomic mass is 16.5. The topological polar surface area (TPSA) is 68.6 Å². The summed E-state index contributed by atoms with van der Waals surface area (Å²) in [5.41, 5.74) is 0. The number of aryl methyl sites for hydroxylation is 1. The van der Waals surface area contributed by atoms with Gasteiger partial charge in [0.2, 0.25) is 0 Å². The molecule has 1 amide bonds. The van der Waals surface area contributed by atoms with Gasteiger partial charge in [0.15, 0.2) is 6.61 Å². The van der Waals surface area contributed by atoms with Gasteiger partial charge in [0.1, 0.15) is 23.4 Å². The fraction of sp³-hybridized carbons (Fsp3) is 0.444. The number of rotatable bonds is 6. The largest absolute Gasteiger partial charge is 0.494 e. The smallest absolute Gasteiger partial charge is 0.261 e. The third-order valence-corrected chi connectivity index (χ3v) is 4.22. The van der Waals surface area contributed by atoms with E-state index in [9.17, 15) is 4.79 Å². The van der Waals surface area contributed by atoms with Crippen molar-refractivity contribution in [1.29, 1.82) is 0 Å². The Morgan fingerprint density at radius 1 is 1.28 bits per heavy atom. The number of carbonyl (C=O) groups is 1. The molecule has 0 bridgehead atoms. The van der Waals surface area contributed by atoms with Crippen LogP contribution in [0, 0.1) is 0 Å². The van der Waals surface area contributed by atoms with E-state index in [1.807, 2.05) is 53.9 Å². The Bertz CT molecular complexity index is 699. The van der Waals surface area contributed by atoms with E-state index >= 15 is 0 Å². The van der Waals surface area contributed by atoms with E-state index in [1.165, 1.54) is 0 Å². The molecule has 134 valence electrons. The lowest BCUT2D eigenvalue weighted by Gasteiger charge is -2.35. The highest BCUT2D eigenvalue weighted by Crippen LogP contribution is 2.21. The van der Waals surface area contributed by atoms with Crippen LogP contribution in [0.3, 0.4) is 0 Å². The molecule has 1 aliphatic rings. The first-order valence-corrected chi connectivity index (χ1v) is 8.52. The van der Waals surface area contributed by atoms with Crippen LogP contribution in [0.1, 0.15) is 18.8 Å². The fourth-order valence-electron chi connectivity index (χ4n) is 2.96. The average Bonchev–Trinajstić information content (AvgIpc) is 3.07. The SMILES string of the molecule is CCOc1ccc(OCC(=O)N2CCNCC2c2nccn2C)cc1. The van der Waals surface area contributed by atoms with Crippen LogP contribution >= 0.6 is 0 Å². The molecule has 0 spiro atoms. The summed E-state index contributed by atoms with van der Waals surface area (Å²) in [7, 11) is 1.94. The Balaban J connectivity index is 1.62. The van der Waals surface area contributed by atoms with Crippen molar-refractivity contribution in [2.75, 3.05) is 32.8 Å². The van der Waals surface area contributed by atoms with Gasteiger partial charge in [0, 0.05) is 39.1 Å². The second-order valence-electron chi connectivity index (χ2n) is 5.90. The Kier molecular flexibility index (Phi) is 5.55. The monoisotopic (exact) mass is 344 g/mol. The van der Waals surface area contributed by atoms with E-state index in [2.05, 4.69) is 10.3 Å². The second-order valence-corrected chi connectivity index (χ2v) is 5.90. The number of hydrogen-bond acceptors (Lipinski definition) is 5. The highest BCUT2D eigenvalue weighted by Gasteiger charge is 2.30. The van der Waals surface area contributed by atoms with Crippen LogP contribution in [0.2, 0.25) is 0 Å². The summed E-state index contributed by atoms with van der Waals surface area (Å²) in [6.45, 7) is 4.68. The lowest BCUT2D eigenvalue weighted by atomic mass is 10.1. The minimum Gasteiger partial charge on any atom is -0.494 e. The molecule has 25 heavy (non-hydrogen) atoms. The lowest BCUT2D eigenvalue weighted by molar-refractivity contribution is -0.137. The van der Waals surface area contributed by atoms with E-state index in [-0.39, 0.29) is 18.6 Å². The molecule has 2 aromatic rings. The highest BCUT2D eigenvalue weighted by molar-refractivity contribution is 5.78. The van der Waals surface area contributed by atoms with Gasteiger partial charge in [0.25, 0.3) is 5.91 Å². The predicted molar refractivity (Wildman–Crippen MR) is 93.6 cm³/mol. The van der Waals surface area contributed by atoms with E-state index in [4.69, 9.17) is 9.47 Å². The van der Waals surface area contributed by atoms with Gasteiger partial charge in [-0.05, 0) is 31.2 Å². The molecular formula is C18H24N4O3. The molecule has 7 heteroatoms. The summed E-state index contributed by atoms with van der Waals surface area (Å²) in [6.07, 6.45) is 3.64. The maximum atomic E-state index is 12.7. The summed E-state index contributed by atoms with van der Waals surface area (Å²) in [4.78, 5) is 18.9. The molecule has 0 saturated carbocycles. The zero-order valence-corrected chi connectivity index (χ0v) is 14.6. The Morgan fingerprint density at radius 2 is 2.00 bits per heavy atom. The van der Waals surface area contributed by atoms with Gasteiger partial charge < -0.3 is 24.3 Å². The van der Waals surface area contributed by atoms with Crippen LogP contribution in [0.5, 0.6) is 11.5 Å². The van der Waals surface area contributed by atoms with Crippen molar-refractivity contribution in [3.63, 3.8) is 0 Å². The molecule has 3 rings (SSSR count). The number of nitrogens with one attached hydrogen (secondary N) is 1. The average molecular weight is 344 g/mol. The van der Waals surface area contributed by atoms with Gasteiger partial charge in [-0.2, -0.15) is 0 Å². The number of piperazine rings is 1. The van der Waals surface area contributed by atoms with Crippen molar-refractivity contribution in [3.8, 4) is 11.5 Å². The molecule has 1 unspecified atom stereocenters. The van der Waals surface area contributed by atoms with Gasteiger partial charge in [-0.15, -0.1) is 0 Å². The van der Waals surface area contributed by atoms with E-state index in [1.54, 1.807) is 6.20 Å². The molecular weight excluding hydrogens is 320 g/mol. The van der Waals surface area contributed by atoms with Crippen molar-refractivity contribution in [1.82, 2.24) is 19.8 Å². The molecule has 1 aromatic heterocycles. The number of imidazole rings is 1. The molecule has 2 heterocycles. The maximum absolute atomic E-state index is 12.7. The number of aromatic nitrogens is 2. The first-order chi connectivity index (χ1) is 12.2. The molecule has 0 radical (unpaired) electrons. The van der Waals surface area contributed by atoms with Crippen LogP contribution in [0.25, 0.3) is 0 Å². The van der Waals surface area contributed by atoms with Crippen LogP contribution in [0.4, 0.5) is 0 Å². The van der Waals surface area contributed by atoms with E-state index in [0.29, 0.717) is 25.4 Å². The fourth-order valence-corrected chi connectivity index (χ4v) is 2.96. The third-order valence-electron chi connectivity index (χ3n) is 4.22. The predicted octanol–water partition coefficient (Wildman–Crippen LogP) is 1.37. The quantitative estimate of drug-likeness (QED) is 0.857. The molecule has 1 atom stereocenters. The van der Waals surface area contributed by atoms with Gasteiger partial charge in [-0.1, -0.05) is 0 Å². The van der Waals surface area contributed by atoms with Crippen molar-refractivity contribution in [2.45, 2.75) is 13.0 Å². The first kappa shape index (κ1) is 17.3. The van der Waals surface area contributed by atoms with Crippen molar-refractivity contribution in [2.24, 2.45) is 7.05 Å². The zero-order chi connectivity index (χ0) is 17.6. The van der Waals surface area contributed by atoms with Crippen molar-refractivity contribution in [3.05, 3.63) is 42.5 Å². The second kappa shape index (κ2) is 8.02. The number of amides is 1. The molecule has 1 fully saturated rings. The minimum atomic E-state index is -0.0785. The Labute approximate surface area is 147 Å². The molecule has 1 N–H and O–H groups in total. The van der Waals surface area contributed by atoms with Crippen LogP contribution in [0.15, 0.2) is 36.7 Å². The summed E-state index contributed by atoms with van der Waals surface area (Å²) in [6, 6.07) is 7.22. The third kappa shape index (κ3) is 4.11. The van der Waals surface area contributed by atoms with E-state index < -0.39 is 0 Å². The number of nitrogens with zero attached hydrogens (tertiary/aromatic N) is 3. The van der Waals surface area contributed by atoms with Crippen LogP contribution < -0.4 is 14.8 Å². The number of hydrogen-bond donors (Lipinski definition) is 1. The van der Waals surface area contributed by atoms with Gasteiger partial charge in [0.05, 0.1) is 6.61 Å². The summed E-state index contributed by atoms with van der Waals surface area (Å²) in [5, 5.41) is 3.33. The lowest BCUT2D eigenvalue weighted by Crippen LogP contribution is -2.50. The normalized spacial score (nSPS) is 17.4. The number of carbonyl (C=O) groups excluding carboxylic acids is 1. The van der Waals surface area contributed by atoms with Gasteiger partial charge in [-0.3, -0.25) is 4.79 Å². The van der Waals surface area contributed by atoms with Crippen LogP contribution in [-0.4, -0.2) is 53.2 Å². The molecule has 1 aliphatic heterocycles.